The fourth-order valence-electron chi connectivity index (χ4n) is 0.377. The van der Waals surface area contributed by atoms with Crippen molar-refractivity contribution in [1.29, 1.82) is 0 Å². The molecule has 0 atom stereocenters. The topological polar surface area (TPSA) is 25.8 Å². The molecule has 0 unspecified atom stereocenters. The van der Waals surface area contributed by atoms with Crippen LogP contribution in [0.5, 0.6) is 0 Å². The highest BCUT2D eigenvalue weighted by molar-refractivity contribution is 6.29. The van der Waals surface area contributed by atoms with Crippen LogP contribution in [0.25, 0.3) is 0 Å². The summed E-state index contributed by atoms with van der Waals surface area (Å²) in [6.07, 6.45) is 3.15. The van der Waals surface area contributed by atoms with Gasteiger partial charge in [-0.25, -0.2) is 4.98 Å². The van der Waals surface area contributed by atoms with Gasteiger partial charge >= 0.3 is 0 Å². The monoisotopic (exact) mass is 158 g/mol. The quantitative estimate of drug-likeness (QED) is 0.580. The van der Waals surface area contributed by atoms with Crippen molar-refractivity contribution < 1.29 is 0 Å². The molecular weight excluding hydrogens is 148 g/mol. The summed E-state index contributed by atoms with van der Waals surface area (Å²) in [6, 6.07) is 0. The van der Waals surface area contributed by atoms with Gasteiger partial charge in [-0.1, -0.05) is 25.4 Å². The zero-order chi connectivity index (χ0) is 7.98. The molecule has 0 aliphatic heterocycles. The summed E-state index contributed by atoms with van der Waals surface area (Å²) in [5, 5.41) is 0.440. The first kappa shape index (κ1) is 9.37. The summed E-state index contributed by atoms with van der Waals surface area (Å²) < 4.78 is 0. The maximum atomic E-state index is 5.44. The minimum Gasteiger partial charge on any atom is -0.257 e. The van der Waals surface area contributed by atoms with Crippen molar-refractivity contribution in [3.8, 4) is 0 Å². The van der Waals surface area contributed by atoms with Gasteiger partial charge in [-0.15, -0.1) is 0 Å². The minimum atomic E-state index is 0.440. The Kier molecular flexibility index (Phi) is 4.85. The Hall–Kier alpha value is -0.630. The molecule has 1 heterocycles. The van der Waals surface area contributed by atoms with Gasteiger partial charge < -0.3 is 0 Å². The van der Waals surface area contributed by atoms with Crippen molar-refractivity contribution in [2.24, 2.45) is 0 Å². The van der Waals surface area contributed by atoms with Gasteiger partial charge in [0.2, 0.25) is 0 Å². The average Bonchev–Trinajstić information content (AvgIpc) is 2.00. The maximum Gasteiger partial charge on any atom is 0.147 e. The molecule has 1 rings (SSSR count). The van der Waals surface area contributed by atoms with E-state index in [2.05, 4.69) is 9.97 Å². The highest BCUT2D eigenvalue weighted by Gasteiger charge is 1.84. The highest BCUT2D eigenvalue weighted by Crippen LogP contribution is 1.98. The van der Waals surface area contributed by atoms with Crippen molar-refractivity contribution in [1.82, 2.24) is 9.97 Å². The van der Waals surface area contributed by atoms with Crippen LogP contribution in [0.1, 0.15) is 19.5 Å². The zero-order valence-corrected chi connectivity index (χ0v) is 7.18. The summed E-state index contributed by atoms with van der Waals surface area (Å²) in [4.78, 5) is 7.67. The zero-order valence-electron chi connectivity index (χ0n) is 6.43. The van der Waals surface area contributed by atoms with Crippen LogP contribution in [0, 0.1) is 6.92 Å². The smallest absolute Gasteiger partial charge is 0.147 e. The number of halogens is 1. The largest absolute Gasteiger partial charge is 0.257 e. The molecule has 0 saturated heterocycles. The third kappa shape index (κ3) is 3.41. The van der Waals surface area contributed by atoms with Crippen LogP contribution < -0.4 is 0 Å². The number of hydrogen-bond donors (Lipinski definition) is 0. The molecule has 0 amide bonds. The lowest BCUT2D eigenvalue weighted by Gasteiger charge is -1.86. The van der Waals surface area contributed by atoms with Crippen LogP contribution in [0.15, 0.2) is 12.4 Å². The van der Waals surface area contributed by atoms with Crippen LogP contribution in [0.2, 0.25) is 5.15 Å². The third-order valence-electron chi connectivity index (χ3n) is 0.749. The van der Waals surface area contributed by atoms with Crippen molar-refractivity contribution in [2.45, 2.75) is 20.8 Å². The summed E-state index contributed by atoms with van der Waals surface area (Å²) in [7, 11) is 0. The molecule has 0 aromatic carbocycles. The summed E-state index contributed by atoms with van der Waals surface area (Å²) in [5.74, 6) is 0. The van der Waals surface area contributed by atoms with Gasteiger partial charge in [-0.2, -0.15) is 0 Å². The van der Waals surface area contributed by atoms with Crippen molar-refractivity contribution >= 4 is 11.6 Å². The lowest BCUT2D eigenvalue weighted by molar-refractivity contribution is 1.12. The maximum absolute atomic E-state index is 5.44. The Morgan fingerprint density at radius 3 is 2.10 bits per heavy atom. The standard InChI is InChI=1S/C5H5ClN2.C2H6/c1-4-2-8-5(6)3-7-4;1-2/h2-3H,1H3;1-2H3. The molecule has 1 aromatic heterocycles. The van der Waals surface area contributed by atoms with Crippen LogP contribution in [-0.4, -0.2) is 9.97 Å². The molecule has 2 nitrogen and oxygen atoms in total. The molecule has 3 heteroatoms. The van der Waals surface area contributed by atoms with E-state index in [9.17, 15) is 0 Å². The van der Waals surface area contributed by atoms with E-state index in [1.54, 1.807) is 6.20 Å². The van der Waals surface area contributed by atoms with Crippen LogP contribution >= 0.6 is 11.6 Å². The molecule has 0 spiro atoms. The molecule has 0 bridgehead atoms. The van der Waals surface area contributed by atoms with E-state index >= 15 is 0 Å². The van der Waals surface area contributed by atoms with Gasteiger partial charge in [0.25, 0.3) is 0 Å². The second kappa shape index (κ2) is 5.18. The number of aryl methyl sites for hydroxylation is 1. The van der Waals surface area contributed by atoms with Gasteiger partial charge in [0.05, 0.1) is 11.9 Å². The Bertz CT molecular complexity index is 150. The van der Waals surface area contributed by atoms with Crippen molar-refractivity contribution in [2.75, 3.05) is 0 Å². The fraction of sp³-hybridized carbons (Fsp3) is 0.429. The third-order valence-corrected chi connectivity index (χ3v) is 0.945. The predicted molar refractivity (Wildman–Crippen MR) is 43.1 cm³/mol. The summed E-state index contributed by atoms with van der Waals surface area (Å²) >= 11 is 5.44. The van der Waals surface area contributed by atoms with Crippen LogP contribution in [0.3, 0.4) is 0 Å². The van der Waals surface area contributed by atoms with Gasteiger partial charge in [0.15, 0.2) is 0 Å². The molecule has 56 valence electrons. The fourth-order valence-corrected chi connectivity index (χ4v) is 0.474. The van der Waals surface area contributed by atoms with E-state index in [-0.39, 0.29) is 0 Å². The molecule has 0 aliphatic rings. The second-order valence-electron chi connectivity index (χ2n) is 1.48. The van der Waals surface area contributed by atoms with Gasteiger partial charge in [0, 0.05) is 6.20 Å². The van der Waals surface area contributed by atoms with Crippen LogP contribution in [-0.2, 0) is 0 Å². The van der Waals surface area contributed by atoms with Gasteiger partial charge in [-0.05, 0) is 6.92 Å². The number of hydrogen-bond acceptors (Lipinski definition) is 2. The van der Waals surface area contributed by atoms with E-state index in [4.69, 9.17) is 11.6 Å². The molecule has 10 heavy (non-hydrogen) atoms. The molecule has 0 N–H and O–H groups in total. The number of rotatable bonds is 0. The Morgan fingerprint density at radius 1 is 1.20 bits per heavy atom. The molecular formula is C7H11ClN2. The lowest BCUT2D eigenvalue weighted by Crippen LogP contribution is -1.80. The molecule has 0 fully saturated rings. The first-order valence-electron chi connectivity index (χ1n) is 3.23. The predicted octanol–water partition coefficient (Wildman–Crippen LogP) is 2.46. The van der Waals surface area contributed by atoms with Gasteiger partial charge in [0.1, 0.15) is 5.15 Å². The number of nitrogens with zero attached hydrogens (tertiary/aromatic N) is 2. The highest BCUT2D eigenvalue weighted by atomic mass is 35.5. The van der Waals surface area contributed by atoms with Gasteiger partial charge in [-0.3, -0.25) is 4.98 Å². The SMILES string of the molecule is CC.Cc1cnc(Cl)cn1. The van der Waals surface area contributed by atoms with Crippen molar-refractivity contribution in [3.63, 3.8) is 0 Å². The van der Waals surface area contributed by atoms with E-state index in [0.29, 0.717) is 5.15 Å². The van der Waals surface area contributed by atoms with E-state index in [0.717, 1.165) is 5.69 Å². The molecule has 0 aliphatic carbocycles. The molecule has 0 saturated carbocycles. The van der Waals surface area contributed by atoms with E-state index < -0.39 is 0 Å². The first-order chi connectivity index (χ1) is 4.79. The summed E-state index contributed by atoms with van der Waals surface area (Å²) in [6.45, 7) is 5.86. The first-order valence-corrected chi connectivity index (χ1v) is 3.61. The van der Waals surface area contributed by atoms with E-state index in [1.807, 2.05) is 20.8 Å². The Labute approximate surface area is 66.3 Å². The molecule has 1 aromatic rings. The van der Waals surface area contributed by atoms with E-state index in [1.165, 1.54) is 6.20 Å². The minimum absolute atomic E-state index is 0.440. The normalized spacial score (nSPS) is 8.00. The Balaban J connectivity index is 0.000000371. The lowest BCUT2D eigenvalue weighted by atomic mass is 10.5. The van der Waals surface area contributed by atoms with Crippen molar-refractivity contribution in [3.05, 3.63) is 23.2 Å². The van der Waals surface area contributed by atoms with Crippen LogP contribution in [0.4, 0.5) is 0 Å². The summed E-state index contributed by atoms with van der Waals surface area (Å²) in [5.41, 5.74) is 0.884. The average molecular weight is 159 g/mol. The molecule has 0 radical (unpaired) electrons. The Morgan fingerprint density at radius 2 is 1.80 bits per heavy atom. The number of aromatic nitrogens is 2. The second-order valence-corrected chi connectivity index (χ2v) is 1.87.